The largest absolute Gasteiger partial charge is 0.296 e. The Labute approximate surface area is 135 Å². The normalized spacial score (nSPS) is 12.2. The van der Waals surface area contributed by atoms with Crippen LogP contribution in [0.3, 0.4) is 0 Å². The van der Waals surface area contributed by atoms with Crippen LogP contribution in [0.25, 0.3) is 0 Å². The molecule has 23 heavy (non-hydrogen) atoms. The van der Waals surface area contributed by atoms with Gasteiger partial charge in [0.25, 0.3) is 20.2 Å². The van der Waals surface area contributed by atoms with Crippen molar-refractivity contribution < 1.29 is 25.2 Å². The van der Waals surface area contributed by atoms with Crippen molar-refractivity contribution in [3.05, 3.63) is 60.7 Å². The van der Waals surface area contributed by atoms with Crippen molar-refractivity contribution >= 4 is 20.2 Å². The zero-order valence-corrected chi connectivity index (χ0v) is 13.8. The Bertz CT molecular complexity index is 743. The van der Waals surface area contributed by atoms with Crippen molar-refractivity contribution in [1.29, 1.82) is 0 Å². The Morgan fingerprint density at radius 2 is 0.957 bits per heavy atom. The molecule has 0 spiro atoms. The lowest BCUT2D eigenvalue weighted by atomic mass is 10.4. The average Bonchev–Trinajstić information content (AvgIpc) is 2.56. The maximum Gasteiger partial charge on any atom is 0.296 e. The summed E-state index contributed by atoms with van der Waals surface area (Å²) in [6.45, 7) is -0.330. The molecule has 2 aromatic rings. The van der Waals surface area contributed by atoms with Crippen molar-refractivity contribution in [3.63, 3.8) is 0 Å². The summed E-state index contributed by atoms with van der Waals surface area (Å²) >= 11 is 0. The fourth-order valence-corrected chi connectivity index (χ4v) is 3.63. The topological polar surface area (TPSA) is 86.7 Å². The first-order chi connectivity index (χ1) is 10.9. The van der Waals surface area contributed by atoms with E-state index >= 15 is 0 Å². The SMILES string of the molecule is O=S(=O)(OCCCOS(=O)(=O)c1ccccc1)c1ccccc1. The van der Waals surface area contributed by atoms with Crippen LogP contribution in [0.1, 0.15) is 6.42 Å². The monoisotopic (exact) mass is 356 g/mol. The van der Waals surface area contributed by atoms with E-state index in [1.807, 2.05) is 0 Å². The molecule has 0 radical (unpaired) electrons. The third-order valence-corrected chi connectivity index (χ3v) is 5.48. The van der Waals surface area contributed by atoms with E-state index in [0.29, 0.717) is 0 Å². The third kappa shape index (κ3) is 5.14. The predicted molar refractivity (Wildman–Crippen MR) is 83.8 cm³/mol. The van der Waals surface area contributed by atoms with Crippen LogP contribution in [0, 0.1) is 0 Å². The molecule has 0 aliphatic heterocycles. The minimum Gasteiger partial charge on any atom is -0.266 e. The minimum absolute atomic E-state index is 0.0535. The van der Waals surface area contributed by atoms with Gasteiger partial charge in [-0.3, -0.25) is 8.37 Å². The molecule has 0 aliphatic carbocycles. The molecule has 6 nitrogen and oxygen atoms in total. The lowest BCUT2D eigenvalue weighted by molar-refractivity contribution is 0.254. The number of rotatable bonds is 8. The highest BCUT2D eigenvalue weighted by molar-refractivity contribution is 7.87. The second-order valence-electron chi connectivity index (χ2n) is 4.53. The number of benzene rings is 2. The van der Waals surface area contributed by atoms with E-state index in [1.165, 1.54) is 24.3 Å². The standard InChI is InChI=1S/C15H16O6S2/c16-22(17,14-8-3-1-4-9-14)20-12-7-13-21-23(18,19)15-10-5-2-6-11-15/h1-6,8-11H,7,12-13H2. The van der Waals surface area contributed by atoms with Gasteiger partial charge in [0, 0.05) is 0 Å². The highest BCUT2D eigenvalue weighted by Gasteiger charge is 2.16. The molecule has 0 aromatic heterocycles. The van der Waals surface area contributed by atoms with Gasteiger partial charge >= 0.3 is 0 Å². The van der Waals surface area contributed by atoms with E-state index < -0.39 is 20.2 Å². The first-order valence-electron chi connectivity index (χ1n) is 6.81. The summed E-state index contributed by atoms with van der Waals surface area (Å²) in [6.07, 6.45) is 0.123. The van der Waals surface area contributed by atoms with Gasteiger partial charge in [0.05, 0.1) is 23.0 Å². The number of hydrogen-bond acceptors (Lipinski definition) is 6. The molecule has 2 rings (SSSR count). The fourth-order valence-electron chi connectivity index (χ4n) is 1.71. The smallest absolute Gasteiger partial charge is 0.266 e. The molecule has 0 fully saturated rings. The van der Waals surface area contributed by atoms with Gasteiger partial charge < -0.3 is 0 Å². The Morgan fingerprint density at radius 1 is 0.609 bits per heavy atom. The van der Waals surface area contributed by atoms with E-state index in [9.17, 15) is 16.8 Å². The summed E-state index contributed by atoms with van der Waals surface area (Å²) in [6, 6.07) is 15.4. The van der Waals surface area contributed by atoms with Gasteiger partial charge in [0.2, 0.25) is 0 Å². The second-order valence-corrected chi connectivity index (χ2v) is 7.76. The Balaban J connectivity index is 1.80. The number of hydrogen-bond donors (Lipinski definition) is 0. The molecule has 0 aliphatic rings. The summed E-state index contributed by atoms with van der Waals surface area (Å²) in [7, 11) is -7.67. The Hall–Kier alpha value is -1.74. The molecular formula is C15H16O6S2. The molecule has 0 bridgehead atoms. The molecule has 0 atom stereocenters. The molecule has 2 aromatic carbocycles. The maximum absolute atomic E-state index is 11.8. The minimum atomic E-state index is -3.83. The molecule has 124 valence electrons. The summed E-state index contributed by atoms with van der Waals surface area (Å²) < 4.78 is 57.0. The molecule has 0 saturated carbocycles. The van der Waals surface area contributed by atoms with Crippen LogP contribution in [0.2, 0.25) is 0 Å². The molecular weight excluding hydrogens is 340 g/mol. The fraction of sp³-hybridized carbons (Fsp3) is 0.200. The predicted octanol–water partition coefficient (Wildman–Crippen LogP) is 2.19. The van der Waals surface area contributed by atoms with Gasteiger partial charge in [0.1, 0.15) is 0 Å². The highest BCUT2D eigenvalue weighted by atomic mass is 32.2. The van der Waals surface area contributed by atoms with Gasteiger partial charge in [-0.2, -0.15) is 16.8 Å². The van der Waals surface area contributed by atoms with E-state index in [2.05, 4.69) is 0 Å². The molecule has 0 heterocycles. The lowest BCUT2D eigenvalue weighted by Crippen LogP contribution is -2.12. The van der Waals surface area contributed by atoms with Gasteiger partial charge in [-0.25, -0.2) is 0 Å². The van der Waals surface area contributed by atoms with E-state index in [4.69, 9.17) is 8.37 Å². The van der Waals surface area contributed by atoms with E-state index in [-0.39, 0.29) is 29.4 Å². The van der Waals surface area contributed by atoms with Crippen LogP contribution in [0.15, 0.2) is 70.5 Å². The van der Waals surface area contributed by atoms with Crippen molar-refractivity contribution in [2.24, 2.45) is 0 Å². The Kier molecular flexibility index (Phi) is 5.89. The van der Waals surface area contributed by atoms with Crippen LogP contribution in [0.5, 0.6) is 0 Å². The average molecular weight is 356 g/mol. The van der Waals surface area contributed by atoms with Gasteiger partial charge in [-0.05, 0) is 30.7 Å². The van der Waals surface area contributed by atoms with E-state index in [1.54, 1.807) is 36.4 Å². The van der Waals surface area contributed by atoms with Crippen LogP contribution in [0.4, 0.5) is 0 Å². The van der Waals surface area contributed by atoms with E-state index in [0.717, 1.165) is 0 Å². The lowest BCUT2D eigenvalue weighted by Gasteiger charge is -2.07. The molecule has 0 unspecified atom stereocenters. The van der Waals surface area contributed by atoms with Crippen molar-refractivity contribution in [3.8, 4) is 0 Å². The summed E-state index contributed by atoms with van der Waals surface area (Å²) in [5, 5.41) is 0. The summed E-state index contributed by atoms with van der Waals surface area (Å²) in [5.41, 5.74) is 0. The van der Waals surface area contributed by atoms with Crippen LogP contribution < -0.4 is 0 Å². The summed E-state index contributed by atoms with van der Waals surface area (Å²) in [5.74, 6) is 0. The quantitative estimate of drug-likeness (QED) is 0.532. The van der Waals surface area contributed by atoms with Crippen LogP contribution >= 0.6 is 0 Å². The molecule has 0 N–H and O–H groups in total. The van der Waals surface area contributed by atoms with Crippen molar-refractivity contribution in [2.75, 3.05) is 13.2 Å². The van der Waals surface area contributed by atoms with Gasteiger partial charge in [-0.15, -0.1) is 0 Å². The second kappa shape index (κ2) is 7.69. The third-order valence-electron chi connectivity index (χ3n) is 2.83. The van der Waals surface area contributed by atoms with Crippen molar-refractivity contribution in [1.82, 2.24) is 0 Å². The van der Waals surface area contributed by atoms with Crippen LogP contribution in [-0.4, -0.2) is 30.0 Å². The first-order valence-corrected chi connectivity index (χ1v) is 9.62. The van der Waals surface area contributed by atoms with Crippen LogP contribution in [-0.2, 0) is 28.6 Å². The van der Waals surface area contributed by atoms with Gasteiger partial charge in [0.15, 0.2) is 0 Å². The first kappa shape index (κ1) is 17.6. The zero-order valence-electron chi connectivity index (χ0n) is 12.2. The Morgan fingerprint density at radius 3 is 1.30 bits per heavy atom. The highest BCUT2D eigenvalue weighted by Crippen LogP contribution is 2.13. The zero-order chi connectivity index (χ0) is 16.8. The molecule has 0 saturated heterocycles. The molecule has 8 heteroatoms. The summed E-state index contributed by atoms with van der Waals surface area (Å²) in [4.78, 5) is 0.107. The van der Waals surface area contributed by atoms with Crippen molar-refractivity contribution in [2.45, 2.75) is 16.2 Å². The van der Waals surface area contributed by atoms with Gasteiger partial charge in [-0.1, -0.05) is 36.4 Å². The maximum atomic E-state index is 11.8. The molecule has 0 amide bonds.